The molecule has 0 atom stereocenters. The first-order valence-electron chi connectivity index (χ1n) is 10.9. The number of benzene rings is 3. The van der Waals surface area contributed by atoms with E-state index in [2.05, 4.69) is 33.0 Å². The third-order valence-electron chi connectivity index (χ3n) is 4.72. The zero-order valence-electron chi connectivity index (χ0n) is 19.6. The first-order chi connectivity index (χ1) is 17.0. The number of hydrazone groups is 1. The molecule has 8 heteroatoms. The van der Waals surface area contributed by atoms with Crippen LogP contribution in [-0.2, 0) is 6.61 Å². The van der Waals surface area contributed by atoms with Crippen molar-refractivity contribution in [1.29, 1.82) is 0 Å². The van der Waals surface area contributed by atoms with Crippen LogP contribution in [0.4, 0.5) is 0 Å². The summed E-state index contributed by atoms with van der Waals surface area (Å²) in [5, 5.41) is 4.08. The van der Waals surface area contributed by atoms with Gasteiger partial charge in [-0.25, -0.2) is 5.43 Å². The zero-order valence-corrected chi connectivity index (χ0v) is 21.2. The van der Waals surface area contributed by atoms with Crippen molar-refractivity contribution in [2.24, 2.45) is 5.10 Å². The Hall–Kier alpha value is -3.78. The number of hydrogen-bond donors (Lipinski definition) is 1. The van der Waals surface area contributed by atoms with Crippen LogP contribution >= 0.6 is 15.9 Å². The van der Waals surface area contributed by atoms with Gasteiger partial charge in [-0.2, -0.15) is 5.10 Å². The summed E-state index contributed by atoms with van der Waals surface area (Å²) in [6, 6.07) is 18.4. The molecular weight excluding hydrogens is 512 g/mol. The number of hydrogen-bond acceptors (Lipinski definition) is 6. The van der Waals surface area contributed by atoms with Gasteiger partial charge in [-0.3, -0.25) is 4.79 Å². The Kier molecular flexibility index (Phi) is 9.74. The Labute approximate surface area is 213 Å². The third kappa shape index (κ3) is 7.35. The number of ether oxygens (including phenoxy) is 4. The third-order valence-corrected chi connectivity index (χ3v) is 5.31. The lowest BCUT2D eigenvalue weighted by Crippen LogP contribution is -2.17. The fraction of sp³-hybridized carbons (Fsp3) is 0.185. The maximum absolute atomic E-state index is 12.6. The summed E-state index contributed by atoms with van der Waals surface area (Å²) in [6.45, 7) is 6.68. The highest BCUT2D eigenvalue weighted by molar-refractivity contribution is 9.10. The molecule has 7 nitrogen and oxygen atoms in total. The largest absolute Gasteiger partial charge is 0.493 e. The van der Waals surface area contributed by atoms with Crippen molar-refractivity contribution in [3.8, 4) is 23.0 Å². The van der Waals surface area contributed by atoms with Gasteiger partial charge in [-0.05, 0) is 64.3 Å². The predicted molar refractivity (Wildman–Crippen MR) is 140 cm³/mol. The summed E-state index contributed by atoms with van der Waals surface area (Å²) in [5.41, 5.74) is 4.67. The summed E-state index contributed by atoms with van der Waals surface area (Å²) in [6.07, 6.45) is 3.16. The van der Waals surface area contributed by atoms with Gasteiger partial charge >= 0.3 is 0 Å². The predicted octanol–water partition coefficient (Wildman–Crippen LogP) is 5.76. The molecule has 3 rings (SSSR count). The van der Waals surface area contributed by atoms with Crippen molar-refractivity contribution in [2.45, 2.75) is 13.5 Å². The van der Waals surface area contributed by atoms with E-state index in [1.165, 1.54) is 6.21 Å². The second-order valence-electron chi connectivity index (χ2n) is 7.20. The molecule has 1 amide bonds. The number of methoxy groups -OCH3 is 1. The molecule has 0 aliphatic heterocycles. The summed E-state index contributed by atoms with van der Waals surface area (Å²) < 4.78 is 23.3. The number of carbonyl (C=O) groups is 1. The van der Waals surface area contributed by atoms with E-state index in [1.54, 1.807) is 37.5 Å². The number of amides is 1. The van der Waals surface area contributed by atoms with Gasteiger partial charge in [-0.15, -0.1) is 0 Å². The highest BCUT2D eigenvalue weighted by Crippen LogP contribution is 2.37. The second-order valence-corrected chi connectivity index (χ2v) is 8.06. The topological polar surface area (TPSA) is 78.4 Å². The van der Waals surface area contributed by atoms with Gasteiger partial charge in [0.1, 0.15) is 13.2 Å². The van der Waals surface area contributed by atoms with Crippen molar-refractivity contribution in [2.75, 3.05) is 20.3 Å². The standard InChI is InChI=1S/C27H27BrN2O5/c1-4-13-34-23-12-11-21(16-24(23)33-5-2)27(31)30-29-17-20-14-22(28)26(25(15-20)32-3)35-18-19-9-7-6-8-10-19/h4,6-12,14-17H,1,5,13,18H2,2-3H3,(H,30,31)/b29-17+. The molecule has 3 aromatic rings. The summed E-state index contributed by atoms with van der Waals surface area (Å²) in [4.78, 5) is 12.6. The van der Waals surface area contributed by atoms with Gasteiger partial charge < -0.3 is 18.9 Å². The normalized spacial score (nSPS) is 10.6. The minimum Gasteiger partial charge on any atom is -0.493 e. The Morgan fingerprint density at radius 1 is 1.03 bits per heavy atom. The minimum absolute atomic E-state index is 0.338. The number of nitrogens with zero attached hydrogens (tertiary/aromatic N) is 1. The van der Waals surface area contributed by atoms with Crippen molar-refractivity contribution < 1.29 is 23.7 Å². The van der Waals surface area contributed by atoms with E-state index in [4.69, 9.17) is 18.9 Å². The van der Waals surface area contributed by atoms with Crippen LogP contribution in [0.2, 0.25) is 0 Å². The molecule has 182 valence electrons. The van der Waals surface area contributed by atoms with Gasteiger partial charge in [0.25, 0.3) is 5.91 Å². The van der Waals surface area contributed by atoms with Crippen LogP contribution in [0.3, 0.4) is 0 Å². The van der Waals surface area contributed by atoms with Gasteiger partial charge in [0, 0.05) is 5.56 Å². The molecule has 0 unspecified atom stereocenters. The average Bonchev–Trinajstić information content (AvgIpc) is 2.87. The van der Waals surface area contributed by atoms with Crippen molar-refractivity contribution in [3.05, 3.63) is 94.5 Å². The number of nitrogens with one attached hydrogen (secondary N) is 1. The smallest absolute Gasteiger partial charge is 0.271 e. The monoisotopic (exact) mass is 538 g/mol. The van der Waals surface area contributed by atoms with Crippen LogP contribution in [0.5, 0.6) is 23.0 Å². The van der Waals surface area contributed by atoms with E-state index in [0.29, 0.717) is 58.4 Å². The maximum Gasteiger partial charge on any atom is 0.271 e. The van der Waals surface area contributed by atoms with Gasteiger partial charge in [-0.1, -0.05) is 43.0 Å². The van der Waals surface area contributed by atoms with Gasteiger partial charge in [0.2, 0.25) is 0 Å². The lowest BCUT2D eigenvalue weighted by molar-refractivity contribution is 0.0954. The molecule has 0 bridgehead atoms. The van der Waals surface area contributed by atoms with E-state index < -0.39 is 0 Å². The fourth-order valence-electron chi connectivity index (χ4n) is 3.10. The SMILES string of the molecule is C=CCOc1ccc(C(=O)N/N=C/c2cc(Br)c(OCc3ccccc3)c(OC)c2)cc1OCC. The number of rotatable bonds is 12. The zero-order chi connectivity index (χ0) is 25.0. The average molecular weight is 539 g/mol. The van der Waals surface area contributed by atoms with Crippen molar-refractivity contribution in [1.82, 2.24) is 5.43 Å². The van der Waals surface area contributed by atoms with Crippen LogP contribution in [-0.4, -0.2) is 32.4 Å². The molecule has 3 aromatic carbocycles. The van der Waals surface area contributed by atoms with Crippen LogP contribution in [0.15, 0.2) is 82.9 Å². The molecule has 0 spiro atoms. The summed E-state index contributed by atoms with van der Waals surface area (Å²) in [5.74, 6) is 1.76. The number of carbonyl (C=O) groups excluding carboxylic acids is 1. The van der Waals surface area contributed by atoms with E-state index in [0.717, 1.165) is 5.56 Å². The first kappa shape index (κ1) is 25.8. The van der Waals surface area contributed by atoms with Crippen molar-refractivity contribution >= 4 is 28.1 Å². The minimum atomic E-state index is -0.383. The molecule has 0 heterocycles. The van der Waals surface area contributed by atoms with Gasteiger partial charge in [0.05, 0.1) is 24.4 Å². The van der Waals surface area contributed by atoms with E-state index >= 15 is 0 Å². The molecule has 1 N–H and O–H groups in total. The Balaban J connectivity index is 1.68. The molecular formula is C27H27BrN2O5. The molecule has 0 aliphatic carbocycles. The Morgan fingerprint density at radius 3 is 2.54 bits per heavy atom. The van der Waals surface area contributed by atoms with Crippen LogP contribution in [0.25, 0.3) is 0 Å². The molecule has 0 saturated heterocycles. The Bertz CT molecular complexity index is 1180. The molecule has 0 radical (unpaired) electrons. The molecule has 0 aromatic heterocycles. The van der Waals surface area contributed by atoms with Gasteiger partial charge in [0.15, 0.2) is 23.0 Å². The highest BCUT2D eigenvalue weighted by Gasteiger charge is 2.13. The summed E-state index contributed by atoms with van der Waals surface area (Å²) in [7, 11) is 1.57. The molecule has 0 saturated carbocycles. The fourth-order valence-corrected chi connectivity index (χ4v) is 3.67. The van der Waals surface area contributed by atoms with Crippen LogP contribution < -0.4 is 24.4 Å². The lowest BCUT2D eigenvalue weighted by Gasteiger charge is -2.13. The van der Waals surface area contributed by atoms with E-state index in [9.17, 15) is 4.79 Å². The Morgan fingerprint density at radius 2 is 1.83 bits per heavy atom. The molecule has 35 heavy (non-hydrogen) atoms. The first-order valence-corrected chi connectivity index (χ1v) is 11.7. The highest BCUT2D eigenvalue weighted by atomic mass is 79.9. The second kappa shape index (κ2) is 13.2. The quantitative estimate of drug-likeness (QED) is 0.180. The van der Waals surface area contributed by atoms with E-state index in [-0.39, 0.29) is 5.91 Å². The molecule has 0 aliphatic rings. The number of halogens is 1. The van der Waals surface area contributed by atoms with Crippen LogP contribution in [0.1, 0.15) is 28.4 Å². The maximum atomic E-state index is 12.6. The van der Waals surface area contributed by atoms with E-state index in [1.807, 2.05) is 43.3 Å². The summed E-state index contributed by atoms with van der Waals surface area (Å²) >= 11 is 3.53. The van der Waals surface area contributed by atoms with Crippen molar-refractivity contribution in [3.63, 3.8) is 0 Å². The van der Waals surface area contributed by atoms with Crippen LogP contribution in [0, 0.1) is 0 Å². The lowest BCUT2D eigenvalue weighted by atomic mass is 10.2. The molecule has 0 fully saturated rings.